The minimum Gasteiger partial charge on any atom is -0.372 e. The van der Waals surface area contributed by atoms with Crippen molar-refractivity contribution in [2.75, 3.05) is 23.3 Å². The van der Waals surface area contributed by atoms with E-state index in [9.17, 15) is 4.79 Å². The van der Waals surface area contributed by atoms with Crippen LogP contribution in [0.1, 0.15) is 30.1 Å². The average molecular weight is 332 g/mol. The molecule has 23 heavy (non-hydrogen) atoms. The summed E-state index contributed by atoms with van der Waals surface area (Å²) in [6.45, 7) is 4.54. The van der Waals surface area contributed by atoms with Crippen LogP contribution in [-0.4, -0.2) is 24.0 Å². The molecule has 3 rings (SSSR count). The van der Waals surface area contributed by atoms with Gasteiger partial charge in [-0.3, -0.25) is 9.78 Å². The fourth-order valence-corrected chi connectivity index (χ4v) is 2.72. The van der Waals surface area contributed by atoms with Crippen molar-refractivity contribution >= 4 is 29.7 Å². The Bertz CT molecular complexity index is 622. The van der Waals surface area contributed by atoms with Crippen LogP contribution in [0.2, 0.25) is 0 Å². The highest BCUT2D eigenvalue weighted by Crippen LogP contribution is 2.24. The van der Waals surface area contributed by atoms with Gasteiger partial charge in [-0.05, 0) is 55.2 Å². The van der Waals surface area contributed by atoms with Crippen LogP contribution in [0, 0.1) is 5.92 Å². The molecule has 0 unspecified atom stereocenters. The highest BCUT2D eigenvalue weighted by Gasteiger charge is 2.16. The number of pyridine rings is 1. The molecule has 0 bridgehead atoms. The third kappa shape index (κ3) is 4.45. The molecule has 1 fully saturated rings. The van der Waals surface area contributed by atoms with Crippen molar-refractivity contribution in [1.82, 2.24) is 4.98 Å². The van der Waals surface area contributed by atoms with Gasteiger partial charge in [-0.15, -0.1) is 12.4 Å². The minimum absolute atomic E-state index is 0. The highest BCUT2D eigenvalue weighted by molar-refractivity contribution is 6.04. The van der Waals surface area contributed by atoms with Crippen molar-refractivity contribution in [3.63, 3.8) is 0 Å². The molecule has 1 aliphatic rings. The molecule has 1 amide bonds. The summed E-state index contributed by atoms with van der Waals surface area (Å²) in [5.74, 6) is 0.696. The van der Waals surface area contributed by atoms with Gasteiger partial charge in [0.25, 0.3) is 5.91 Å². The Labute approximate surface area is 143 Å². The number of hydrogen-bond acceptors (Lipinski definition) is 3. The van der Waals surface area contributed by atoms with E-state index in [2.05, 4.69) is 34.3 Å². The number of carbonyl (C=O) groups is 1. The summed E-state index contributed by atoms with van der Waals surface area (Å²) in [5.41, 5.74) is 2.60. The third-order valence-corrected chi connectivity index (χ3v) is 4.20. The Balaban J connectivity index is 0.00000192. The van der Waals surface area contributed by atoms with E-state index in [1.807, 2.05) is 12.1 Å². The van der Waals surface area contributed by atoms with Gasteiger partial charge in [0.05, 0.1) is 5.56 Å². The lowest BCUT2D eigenvalue weighted by molar-refractivity contribution is 0.102. The summed E-state index contributed by atoms with van der Waals surface area (Å²) in [5, 5.41) is 2.90. The van der Waals surface area contributed by atoms with E-state index in [0.29, 0.717) is 5.56 Å². The minimum atomic E-state index is -0.132. The lowest BCUT2D eigenvalue weighted by Gasteiger charge is -2.32. The quantitative estimate of drug-likeness (QED) is 0.924. The summed E-state index contributed by atoms with van der Waals surface area (Å²) in [4.78, 5) is 18.4. The lowest BCUT2D eigenvalue weighted by atomic mass is 9.99. The van der Waals surface area contributed by atoms with Gasteiger partial charge in [0, 0.05) is 36.9 Å². The predicted octanol–water partition coefficient (Wildman–Crippen LogP) is 3.99. The maximum Gasteiger partial charge on any atom is 0.257 e. The molecular weight excluding hydrogens is 310 g/mol. The fourth-order valence-electron chi connectivity index (χ4n) is 2.72. The topological polar surface area (TPSA) is 45.2 Å². The van der Waals surface area contributed by atoms with Crippen LogP contribution in [0.25, 0.3) is 0 Å². The number of carbonyl (C=O) groups excluding carboxylic acids is 1. The number of nitrogens with one attached hydrogen (secondary N) is 1. The van der Waals surface area contributed by atoms with E-state index >= 15 is 0 Å². The molecule has 4 nitrogen and oxygen atoms in total. The van der Waals surface area contributed by atoms with Gasteiger partial charge >= 0.3 is 0 Å². The molecule has 122 valence electrons. The van der Waals surface area contributed by atoms with Crippen LogP contribution in [0.3, 0.4) is 0 Å². The molecule has 2 heterocycles. The second kappa shape index (κ2) is 7.97. The Kier molecular flexibility index (Phi) is 5.99. The van der Waals surface area contributed by atoms with E-state index in [0.717, 1.165) is 24.7 Å². The first-order valence-corrected chi connectivity index (χ1v) is 7.79. The number of rotatable bonds is 3. The summed E-state index contributed by atoms with van der Waals surface area (Å²) in [6.07, 6.45) is 5.72. The van der Waals surface area contributed by atoms with Crippen molar-refractivity contribution in [2.24, 2.45) is 5.92 Å². The lowest BCUT2D eigenvalue weighted by Crippen LogP contribution is -2.32. The number of benzene rings is 1. The van der Waals surface area contributed by atoms with Crippen LogP contribution in [0.5, 0.6) is 0 Å². The summed E-state index contributed by atoms with van der Waals surface area (Å²) >= 11 is 0. The average Bonchev–Trinajstić information content (AvgIpc) is 2.57. The zero-order valence-corrected chi connectivity index (χ0v) is 14.1. The maximum atomic E-state index is 12.1. The Hall–Kier alpha value is -2.07. The van der Waals surface area contributed by atoms with Crippen LogP contribution in [-0.2, 0) is 0 Å². The van der Waals surface area contributed by atoms with Crippen molar-refractivity contribution in [3.05, 3.63) is 54.4 Å². The molecule has 5 heteroatoms. The monoisotopic (exact) mass is 331 g/mol. The van der Waals surface area contributed by atoms with Crippen molar-refractivity contribution in [3.8, 4) is 0 Å². The fraction of sp³-hybridized carbons (Fsp3) is 0.333. The Morgan fingerprint density at radius 1 is 1.17 bits per heavy atom. The number of amides is 1. The summed E-state index contributed by atoms with van der Waals surface area (Å²) < 4.78 is 0. The van der Waals surface area contributed by atoms with Gasteiger partial charge in [0.15, 0.2) is 0 Å². The third-order valence-electron chi connectivity index (χ3n) is 4.20. The second-order valence-electron chi connectivity index (χ2n) is 5.91. The predicted molar refractivity (Wildman–Crippen MR) is 96.5 cm³/mol. The van der Waals surface area contributed by atoms with E-state index in [-0.39, 0.29) is 18.3 Å². The smallest absolute Gasteiger partial charge is 0.257 e. The molecule has 0 atom stereocenters. The number of nitrogens with zero attached hydrogens (tertiary/aromatic N) is 2. The van der Waals surface area contributed by atoms with E-state index < -0.39 is 0 Å². The first kappa shape index (κ1) is 17.3. The van der Waals surface area contributed by atoms with Gasteiger partial charge in [-0.25, -0.2) is 0 Å². The van der Waals surface area contributed by atoms with E-state index in [1.54, 1.807) is 24.5 Å². The maximum absolute atomic E-state index is 12.1. The second-order valence-corrected chi connectivity index (χ2v) is 5.91. The molecule has 1 aromatic heterocycles. The van der Waals surface area contributed by atoms with Crippen LogP contribution in [0.15, 0.2) is 48.8 Å². The van der Waals surface area contributed by atoms with Gasteiger partial charge in [-0.1, -0.05) is 6.92 Å². The summed E-state index contributed by atoms with van der Waals surface area (Å²) in [7, 11) is 0. The van der Waals surface area contributed by atoms with Crippen LogP contribution < -0.4 is 10.2 Å². The number of aromatic nitrogens is 1. The van der Waals surface area contributed by atoms with Crippen molar-refractivity contribution < 1.29 is 4.79 Å². The molecule has 1 aliphatic heterocycles. The van der Waals surface area contributed by atoms with E-state index in [1.165, 1.54) is 18.5 Å². The molecule has 2 aromatic rings. The normalized spacial score (nSPS) is 14.9. The molecule has 0 spiro atoms. The van der Waals surface area contributed by atoms with Gasteiger partial charge in [-0.2, -0.15) is 0 Å². The standard InChI is InChI=1S/C18H21N3O.ClH/c1-14-8-11-21(12-9-14)17-6-4-16(5-7-17)20-18(22)15-3-2-10-19-13-15;/h2-7,10,13-14H,8-9,11-12H2,1H3,(H,20,22);1H. The zero-order chi connectivity index (χ0) is 15.4. The number of halogens is 1. The molecule has 0 saturated carbocycles. The van der Waals surface area contributed by atoms with Gasteiger partial charge < -0.3 is 10.2 Å². The number of hydrogen-bond donors (Lipinski definition) is 1. The van der Waals surface area contributed by atoms with Crippen molar-refractivity contribution in [2.45, 2.75) is 19.8 Å². The molecule has 1 N–H and O–H groups in total. The van der Waals surface area contributed by atoms with Crippen molar-refractivity contribution in [1.29, 1.82) is 0 Å². The molecule has 1 aromatic carbocycles. The molecule has 0 radical (unpaired) electrons. The van der Waals surface area contributed by atoms with Crippen LogP contribution in [0.4, 0.5) is 11.4 Å². The first-order chi connectivity index (χ1) is 10.7. The first-order valence-electron chi connectivity index (χ1n) is 7.79. The SMILES string of the molecule is CC1CCN(c2ccc(NC(=O)c3cccnc3)cc2)CC1.Cl. The Morgan fingerprint density at radius 2 is 1.87 bits per heavy atom. The molecule has 0 aliphatic carbocycles. The Morgan fingerprint density at radius 3 is 2.48 bits per heavy atom. The molecule has 1 saturated heterocycles. The summed E-state index contributed by atoms with van der Waals surface area (Å²) in [6, 6.07) is 11.6. The van der Waals surface area contributed by atoms with E-state index in [4.69, 9.17) is 0 Å². The van der Waals surface area contributed by atoms with Crippen LogP contribution >= 0.6 is 12.4 Å². The van der Waals surface area contributed by atoms with Gasteiger partial charge in [0.2, 0.25) is 0 Å². The number of anilines is 2. The number of piperidine rings is 1. The zero-order valence-electron chi connectivity index (χ0n) is 13.2. The molecular formula is C18H22ClN3O. The van der Waals surface area contributed by atoms with Gasteiger partial charge in [0.1, 0.15) is 0 Å². The largest absolute Gasteiger partial charge is 0.372 e. The highest BCUT2D eigenvalue weighted by atomic mass is 35.5.